The molecule has 0 aliphatic carbocycles. The van der Waals surface area contributed by atoms with E-state index in [4.69, 9.17) is 9.47 Å². The number of nitrogens with one attached hydrogen (secondary N) is 2. The van der Waals surface area contributed by atoms with E-state index >= 15 is 0 Å². The van der Waals surface area contributed by atoms with E-state index in [1.807, 2.05) is 56.6 Å². The van der Waals surface area contributed by atoms with Crippen LogP contribution in [0, 0.1) is 0 Å². The number of imide groups is 1. The van der Waals surface area contributed by atoms with Gasteiger partial charge in [-0.2, -0.15) is 0 Å². The summed E-state index contributed by atoms with van der Waals surface area (Å²) in [5, 5.41) is 5.02. The third-order valence-corrected chi connectivity index (χ3v) is 5.70. The number of hydrogen-bond acceptors (Lipinski definition) is 5. The van der Waals surface area contributed by atoms with Crippen LogP contribution in [0.1, 0.15) is 26.3 Å². The van der Waals surface area contributed by atoms with E-state index in [1.165, 1.54) is 9.80 Å². The van der Waals surface area contributed by atoms with Crippen molar-refractivity contribution < 1.29 is 24.0 Å². The third kappa shape index (κ3) is 3.47. The number of hydrogen-bond donors (Lipinski definition) is 2. The molecule has 2 N–H and O–H groups in total. The Labute approximate surface area is 180 Å². The topological polar surface area (TPSA) is 72.3 Å². The summed E-state index contributed by atoms with van der Waals surface area (Å²) in [6.45, 7) is 1.91. The minimum absolute atomic E-state index is 0.217. The molecule has 0 saturated heterocycles. The second-order valence-electron chi connectivity index (χ2n) is 8.19. The number of benzene rings is 3. The zero-order valence-corrected chi connectivity index (χ0v) is 17.5. The fourth-order valence-electron chi connectivity index (χ4n) is 4.05. The van der Waals surface area contributed by atoms with Crippen molar-refractivity contribution >= 4 is 28.3 Å². The number of carbonyl (C=O) groups excluding carboxylic acids is 2. The molecule has 0 unspecified atom stereocenters. The second-order valence-corrected chi connectivity index (χ2v) is 8.19. The molecule has 0 atom stereocenters. The van der Waals surface area contributed by atoms with Gasteiger partial charge >= 0.3 is 0 Å². The summed E-state index contributed by atoms with van der Waals surface area (Å²) < 4.78 is 10.8. The monoisotopic (exact) mass is 418 g/mol. The predicted octanol–water partition coefficient (Wildman–Crippen LogP) is 1.92. The normalized spacial score (nSPS) is 14.6. The van der Waals surface area contributed by atoms with E-state index < -0.39 is 0 Å². The minimum Gasteiger partial charge on any atom is -0.454 e. The van der Waals surface area contributed by atoms with Crippen LogP contribution in [0.15, 0.2) is 48.5 Å². The van der Waals surface area contributed by atoms with Crippen molar-refractivity contribution in [2.24, 2.45) is 0 Å². The van der Waals surface area contributed by atoms with Crippen LogP contribution < -0.4 is 19.7 Å². The van der Waals surface area contributed by atoms with Crippen LogP contribution in [0.25, 0.3) is 10.8 Å². The summed E-state index contributed by atoms with van der Waals surface area (Å²) in [4.78, 5) is 28.7. The van der Waals surface area contributed by atoms with E-state index in [1.54, 1.807) is 6.07 Å². The van der Waals surface area contributed by atoms with Crippen LogP contribution in [0.5, 0.6) is 11.5 Å². The van der Waals surface area contributed by atoms with Gasteiger partial charge in [0.2, 0.25) is 6.79 Å². The first-order chi connectivity index (χ1) is 15.0. The number of rotatable bonds is 6. The van der Waals surface area contributed by atoms with Gasteiger partial charge in [-0.15, -0.1) is 0 Å². The van der Waals surface area contributed by atoms with Gasteiger partial charge in [0.25, 0.3) is 11.8 Å². The average molecular weight is 418 g/mol. The largest absolute Gasteiger partial charge is 0.454 e. The van der Waals surface area contributed by atoms with Gasteiger partial charge in [-0.3, -0.25) is 14.5 Å². The molecule has 0 bridgehead atoms. The summed E-state index contributed by atoms with van der Waals surface area (Å²) in [6.07, 6.45) is 0. The lowest BCUT2D eigenvalue weighted by Crippen LogP contribution is -3.06. The molecule has 7 heteroatoms. The molecular formula is C24H24N3O4+. The molecule has 0 fully saturated rings. The molecule has 0 aromatic heterocycles. The third-order valence-electron chi connectivity index (χ3n) is 5.70. The molecule has 158 valence electrons. The van der Waals surface area contributed by atoms with E-state index in [2.05, 4.69) is 5.32 Å². The van der Waals surface area contributed by atoms with Gasteiger partial charge in [0.1, 0.15) is 0 Å². The van der Waals surface area contributed by atoms with Gasteiger partial charge in [0.15, 0.2) is 11.5 Å². The Morgan fingerprint density at radius 3 is 2.61 bits per heavy atom. The highest BCUT2D eigenvalue weighted by Gasteiger charge is 2.33. The summed E-state index contributed by atoms with van der Waals surface area (Å²) in [7, 11) is 4.01. The van der Waals surface area contributed by atoms with Gasteiger partial charge in [-0.05, 0) is 41.3 Å². The zero-order valence-electron chi connectivity index (χ0n) is 17.5. The second kappa shape index (κ2) is 7.59. The molecule has 2 heterocycles. The predicted molar refractivity (Wildman–Crippen MR) is 117 cm³/mol. The van der Waals surface area contributed by atoms with Crippen molar-refractivity contribution in [3.05, 3.63) is 65.2 Å². The fourth-order valence-corrected chi connectivity index (χ4v) is 4.05. The van der Waals surface area contributed by atoms with Gasteiger partial charge in [-0.1, -0.05) is 18.2 Å². The summed E-state index contributed by atoms with van der Waals surface area (Å²) in [6, 6.07) is 15.3. The van der Waals surface area contributed by atoms with Gasteiger partial charge < -0.3 is 19.7 Å². The first-order valence-corrected chi connectivity index (χ1v) is 10.4. The summed E-state index contributed by atoms with van der Waals surface area (Å²) in [5.41, 5.74) is 3.03. The molecule has 0 saturated carbocycles. The number of carbonyl (C=O) groups is 2. The molecule has 2 amide bonds. The summed E-state index contributed by atoms with van der Waals surface area (Å²) in [5.74, 6) is 1.04. The SMILES string of the molecule is C[NH+](C)CCN1C(=O)c2cccc3cc(NCc4ccc5c(c4)OCO5)cc(c23)C1=O. The van der Waals surface area contributed by atoms with Crippen molar-refractivity contribution in [1.82, 2.24) is 4.90 Å². The molecule has 3 aromatic carbocycles. The van der Waals surface area contributed by atoms with Gasteiger partial charge in [0, 0.05) is 23.2 Å². The van der Waals surface area contributed by atoms with Crippen LogP contribution in [0.2, 0.25) is 0 Å². The molecule has 31 heavy (non-hydrogen) atoms. The standard InChI is InChI=1S/C24H23N3O4/c1-26(2)8-9-27-23(28)18-5-3-4-16-11-17(12-19(22(16)18)24(27)29)25-13-15-6-7-20-21(10-15)31-14-30-20/h3-7,10-12,25H,8-9,13-14H2,1-2H3/p+1. The summed E-state index contributed by atoms with van der Waals surface area (Å²) >= 11 is 0. The van der Waals surface area contributed by atoms with Crippen molar-refractivity contribution in [3.8, 4) is 11.5 Å². The van der Waals surface area contributed by atoms with Crippen LogP contribution in [-0.2, 0) is 6.54 Å². The number of nitrogens with zero attached hydrogens (tertiary/aromatic N) is 1. The van der Waals surface area contributed by atoms with Gasteiger partial charge in [-0.25, -0.2) is 0 Å². The lowest BCUT2D eigenvalue weighted by atomic mass is 9.93. The average Bonchev–Trinajstić information content (AvgIpc) is 3.23. The van der Waals surface area contributed by atoms with Gasteiger partial charge in [0.05, 0.1) is 32.7 Å². The quantitative estimate of drug-likeness (QED) is 0.599. The highest BCUT2D eigenvalue weighted by atomic mass is 16.7. The van der Waals surface area contributed by atoms with E-state index in [9.17, 15) is 9.59 Å². The fraction of sp³-hybridized carbons (Fsp3) is 0.250. The Balaban J connectivity index is 1.46. The maximum atomic E-state index is 13.2. The Morgan fingerprint density at radius 1 is 0.968 bits per heavy atom. The lowest BCUT2D eigenvalue weighted by Gasteiger charge is -2.28. The molecule has 3 aromatic rings. The molecule has 2 aliphatic heterocycles. The molecule has 5 rings (SSSR count). The lowest BCUT2D eigenvalue weighted by molar-refractivity contribution is -0.857. The molecule has 7 nitrogen and oxygen atoms in total. The number of quaternary nitrogens is 1. The van der Waals surface area contributed by atoms with E-state index in [0.29, 0.717) is 30.8 Å². The number of fused-ring (bicyclic) bond motifs is 1. The van der Waals surface area contributed by atoms with Crippen LogP contribution in [0.3, 0.4) is 0 Å². The van der Waals surface area contributed by atoms with Crippen molar-refractivity contribution in [2.75, 3.05) is 39.3 Å². The highest BCUT2D eigenvalue weighted by Crippen LogP contribution is 2.34. The smallest absolute Gasteiger partial charge is 0.261 e. The van der Waals surface area contributed by atoms with Crippen molar-refractivity contribution in [2.45, 2.75) is 6.54 Å². The van der Waals surface area contributed by atoms with Crippen LogP contribution in [0.4, 0.5) is 5.69 Å². The Hall–Kier alpha value is -3.58. The molecule has 0 spiro atoms. The maximum Gasteiger partial charge on any atom is 0.261 e. The molecule has 2 aliphatic rings. The zero-order chi connectivity index (χ0) is 21.5. The highest BCUT2D eigenvalue weighted by molar-refractivity contribution is 6.25. The minimum atomic E-state index is -0.235. The van der Waals surface area contributed by atoms with Crippen molar-refractivity contribution in [3.63, 3.8) is 0 Å². The molecular weight excluding hydrogens is 394 g/mol. The number of likely N-dealkylation sites (N-methyl/N-ethyl adjacent to an activating group) is 1. The Morgan fingerprint density at radius 2 is 1.77 bits per heavy atom. The van der Waals surface area contributed by atoms with E-state index in [0.717, 1.165) is 33.5 Å². The molecule has 0 radical (unpaired) electrons. The van der Waals surface area contributed by atoms with E-state index in [-0.39, 0.29) is 18.6 Å². The maximum absolute atomic E-state index is 13.2. The van der Waals surface area contributed by atoms with Crippen molar-refractivity contribution in [1.29, 1.82) is 0 Å². The van der Waals surface area contributed by atoms with Crippen LogP contribution in [-0.4, -0.2) is 50.7 Å². The Bertz CT molecular complexity index is 1200. The first kappa shape index (κ1) is 19.4. The number of anilines is 1. The number of amides is 2. The van der Waals surface area contributed by atoms with Crippen LogP contribution >= 0.6 is 0 Å². The Kier molecular flexibility index (Phi) is 4.75. The number of ether oxygens (including phenoxy) is 2. The first-order valence-electron chi connectivity index (χ1n) is 10.4.